The van der Waals surface area contributed by atoms with Crippen LogP contribution in [0.5, 0.6) is 0 Å². The van der Waals surface area contributed by atoms with E-state index in [9.17, 15) is 4.79 Å². The number of carbonyl (C=O) groups excluding carboxylic acids is 1. The molecule has 134 valence electrons. The van der Waals surface area contributed by atoms with Gasteiger partial charge in [-0.05, 0) is 43.5 Å². The molecule has 3 aromatic rings. The standard InChI is InChI=1S/C19H21N5O2/c1-11(2)14-5-7-15(8-6-14)21-19-20-12(3)9-16(22-19)18(25)23-17-10-13(4)26-24-17/h5-11H,1-4H3,(H,20,21,22)(H,23,24,25). The SMILES string of the molecule is Cc1cc(C(=O)Nc2cc(C)on2)nc(Nc2ccc(C(C)C)cc2)n1. The second kappa shape index (κ2) is 7.35. The van der Waals surface area contributed by atoms with Gasteiger partial charge in [-0.3, -0.25) is 4.79 Å². The van der Waals surface area contributed by atoms with Crippen LogP contribution in [-0.4, -0.2) is 21.0 Å². The highest BCUT2D eigenvalue weighted by atomic mass is 16.5. The van der Waals surface area contributed by atoms with E-state index in [0.717, 1.165) is 5.69 Å². The van der Waals surface area contributed by atoms with Crippen LogP contribution in [0.15, 0.2) is 40.9 Å². The number of rotatable bonds is 5. The number of nitrogens with zero attached hydrogens (tertiary/aromatic N) is 3. The Morgan fingerprint density at radius 1 is 1.08 bits per heavy atom. The van der Waals surface area contributed by atoms with Gasteiger partial charge in [-0.2, -0.15) is 0 Å². The monoisotopic (exact) mass is 351 g/mol. The molecule has 0 aliphatic rings. The third kappa shape index (κ3) is 4.24. The van der Waals surface area contributed by atoms with E-state index in [2.05, 4.69) is 51.7 Å². The van der Waals surface area contributed by atoms with Crippen molar-refractivity contribution in [3.63, 3.8) is 0 Å². The second-order valence-corrected chi connectivity index (χ2v) is 6.40. The number of hydrogen-bond acceptors (Lipinski definition) is 6. The molecule has 0 aliphatic carbocycles. The summed E-state index contributed by atoms with van der Waals surface area (Å²) in [6.07, 6.45) is 0. The molecule has 0 unspecified atom stereocenters. The van der Waals surface area contributed by atoms with Gasteiger partial charge in [-0.15, -0.1) is 0 Å². The van der Waals surface area contributed by atoms with Gasteiger partial charge in [0.25, 0.3) is 5.91 Å². The zero-order valence-electron chi connectivity index (χ0n) is 15.2. The molecule has 0 saturated heterocycles. The molecule has 0 saturated carbocycles. The van der Waals surface area contributed by atoms with E-state index in [-0.39, 0.29) is 11.6 Å². The molecule has 0 atom stereocenters. The van der Waals surface area contributed by atoms with E-state index >= 15 is 0 Å². The summed E-state index contributed by atoms with van der Waals surface area (Å²) in [6, 6.07) is 11.3. The van der Waals surface area contributed by atoms with Crippen molar-refractivity contribution in [2.75, 3.05) is 10.6 Å². The Bertz CT molecular complexity index is 916. The van der Waals surface area contributed by atoms with Crippen LogP contribution in [0.1, 0.15) is 47.3 Å². The number of carbonyl (C=O) groups is 1. The fourth-order valence-electron chi connectivity index (χ4n) is 2.43. The van der Waals surface area contributed by atoms with Crippen molar-refractivity contribution in [2.24, 2.45) is 0 Å². The molecule has 0 bridgehead atoms. The van der Waals surface area contributed by atoms with E-state index in [4.69, 9.17) is 4.52 Å². The smallest absolute Gasteiger partial charge is 0.275 e. The first-order chi connectivity index (χ1) is 12.4. The molecule has 0 spiro atoms. The van der Waals surface area contributed by atoms with Crippen LogP contribution >= 0.6 is 0 Å². The van der Waals surface area contributed by atoms with Gasteiger partial charge >= 0.3 is 0 Å². The first-order valence-electron chi connectivity index (χ1n) is 8.38. The normalized spacial score (nSPS) is 10.8. The molecule has 0 radical (unpaired) electrons. The average Bonchev–Trinajstić information content (AvgIpc) is 2.99. The number of amides is 1. The largest absolute Gasteiger partial charge is 0.360 e. The second-order valence-electron chi connectivity index (χ2n) is 6.40. The maximum atomic E-state index is 12.4. The number of aromatic nitrogens is 3. The Labute approximate surface area is 151 Å². The van der Waals surface area contributed by atoms with Crippen molar-refractivity contribution < 1.29 is 9.32 Å². The van der Waals surface area contributed by atoms with Crippen LogP contribution in [0.4, 0.5) is 17.5 Å². The first kappa shape index (κ1) is 17.6. The van der Waals surface area contributed by atoms with Crippen LogP contribution in [0.3, 0.4) is 0 Å². The number of anilines is 3. The summed E-state index contributed by atoms with van der Waals surface area (Å²) in [4.78, 5) is 21.0. The minimum Gasteiger partial charge on any atom is -0.360 e. The van der Waals surface area contributed by atoms with Gasteiger partial charge in [0.2, 0.25) is 5.95 Å². The lowest BCUT2D eigenvalue weighted by Gasteiger charge is -2.10. The molecule has 2 aromatic heterocycles. The van der Waals surface area contributed by atoms with E-state index in [1.807, 2.05) is 19.1 Å². The molecule has 1 amide bonds. The van der Waals surface area contributed by atoms with Crippen LogP contribution in [0, 0.1) is 13.8 Å². The lowest BCUT2D eigenvalue weighted by Crippen LogP contribution is -2.15. The maximum absolute atomic E-state index is 12.4. The highest BCUT2D eigenvalue weighted by Crippen LogP contribution is 2.19. The first-order valence-corrected chi connectivity index (χ1v) is 8.38. The molecule has 7 heteroatoms. The number of benzene rings is 1. The summed E-state index contributed by atoms with van der Waals surface area (Å²) in [5.74, 6) is 1.43. The molecular formula is C19H21N5O2. The van der Waals surface area contributed by atoms with Gasteiger partial charge in [-0.25, -0.2) is 9.97 Å². The Hall–Kier alpha value is -3.22. The summed E-state index contributed by atoms with van der Waals surface area (Å²) in [5.41, 5.74) is 3.05. The third-order valence-corrected chi connectivity index (χ3v) is 3.79. The summed E-state index contributed by atoms with van der Waals surface area (Å²) in [7, 11) is 0. The van der Waals surface area contributed by atoms with E-state index in [1.54, 1.807) is 19.1 Å². The topological polar surface area (TPSA) is 92.9 Å². The molecule has 7 nitrogen and oxygen atoms in total. The van der Waals surface area contributed by atoms with Gasteiger partial charge in [0, 0.05) is 17.4 Å². The molecule has 0 fully saturated rings. The molecule has 2 N–H and O–H groups in total. The summed E-state index contributed by atoms with van der Waals surface area (Å²) >= 11 is 0. The summed E-state index contributed by atoms with van der Waals surface area (Å²) in [5, 5.41) is 9.54. The summed E-state index contributed by atoms with van der Waals surface area (Å²) < 4.78 is 4.94. The Kier molecular flexibility index (Phi) is 4.97. The zero-order chi connectivity index (χ0) is 18.7. The van der Waals surface area contributed by atoms with Crippen molar-refractivity contribution in [3.05, 3.63) is 59.1 Å². The van der Waals surface area contributed by atoms with E-state index < -0.39 is 0 Å². The van der Waals surface area contributed by atoms with Crippen LogP contribution in [-0.2, 0) is 0 Å². The number of nitrogens with one attached hydrogen (secondary N) is 2. The zero-order valence-corrected chi connectivity index (χ0v) is 15.2. The predicted molar refractivity (Wildman–Crippen MR) is 99.8 cm³/mol. The molecule has 0 aliphatic heterocycles. The van der Waals surface area contributed by atoms with Crippen LogP contribution < -0.4 is 10.6 Å². The predicted octanol–water partition coefficient (Wildman–Crippen LogP) is 4.20. The van der Waals surface area contributed by atoms with Crippen molar-refractivity contribution in [2.45, 2.75) is 33.6 Å². The molecular weight excluding hydrogens is 330 g/mol. The highest BCUT2D eigenvalue weighted by molar-refractivity contribution is 6.02. The van der Waals surface area contributed by atoms with E-state index in [0.29, 0.717) is 29.1 Å². The average molecular weight is 351 g/mol. The highest BCUT2D eigenvalue weighted by Gasteiger charge is 2.13. The van der Waals surface area contributed by atoms with Gasteiger partial charge in [0.1, 0.15) is 11.5 Å². The fourth-order valence-corrected chi connectivity index (χ4v) is 2.43. The van der Waals surface area contributed by atoms with Gasteiger partial charge in [-0.1, -0.05) is 31.1 Å². The molecule has 2 heterocycles. The van der Waals surface area contributed by atoms with Crippen molar-refractivity contribution >= 4 is 23.4 Å². The molecule has 3 rings (SSSR count). The van der Waals surface area contributed by atoms with Crippen molar-refractivity contribution in [1.29, 1.82) is 0 Å². The minimum absolute atomic E-state index is 0.249. The van der Waals surface area contributed by atoms with Gasteiger partial charge in [0.05, 0.1) is 0 Å². The fraction of sp³-hybridized carbons (Fsp3) is 0.263. The summed E-state index contributed by atoms with van der Waals surface area (Å²) in [6.45, 7) is 7.86. The lowest BCUT2D eigenvalue weighted by molar-refractivity contribution is 0.102. The Morgan fingerprint density at radius 2 is 1.81 bits per heavy atom. The van der Waals surface area contributed by atoms with Crippen molar-refractivity contribution in [3.8, 4) is 0 Å². The van der Waals surface area contributed by atoms with E-state index in [1.165, 1.54) is 5.56 Å². The minimum atomic E-state index is -0.373. The Balaban J connectivity index is 1.77. The van der Waals surface area contributed by atoms with Gasteiger partial charge in [0.15, 0.2) is 5.82 Å². The number of hydrogen-bond donors (Lipinski definition) is 2. The third-order valence-electron chi connectivity index (χ3n) is 3.79. The van der Waals surface area contributed by atoms with Crippen molar-refractivity contribution in [1.82, 2.24) is 15.1 Å². The lowest BCUT2D eigenvalue weighted by atomic mass is 10.0. The molecule has 1 aromatic carbocycles. The molecule has 26 heavy (non-hydrogen) atoms. The van der Waals surface area contributed by atoms with Gasteiger partial charge < -0.3 is 15.2 Å². The van der Waals surface area contributed by atoms with Crippen LogP contribution in [0.25, 0.3) is 0 Å². The quantitative estimate of drug-likeness (QED) is 0.715. The maximum Gasteiger partial charge on any atom is 0.275 e. The van der Waals surface area contributed by atoms with Crippen LogP contribution in [0.2, 0.25) is 0 Å². The Morgan fingerprint density at radius 3 is 2.42 bits per heavy atom. The number of aryl methyl sites for hydroxylation is 2.